The SMILES string of the molecule is CC(C)C(NCC1CC(F)(F)C(=O)O1)C(N)=O. The zero-order valence-corrected chi connectivity index (χ0v) is 9.70. The van der Waals surface area contributed by atoms with E-state index in [1.807, 2.05) is 0 Å². The zero-order valence-electron chi connectivity index (χ0n) is 9.70. The number of hydrogen-bond donors (Lipinski definition) is 2. The fraction of sp³-hybridized carbons (Fsp3) is 0.800. The Labute approximate surface area is 97.7 Å². The Morgan fingerprint density at radius 2 is 2.24 bits per heavy atom. The monoisotopic (exact) mass is 250 g/mol. The van der Waals surface area contributed by atoms with Crippen molar-refractivity contribution in [3.05, 3.63) is 0 Å². The van der Waals surface area contributed by atoms with Gasteiger partial charge >= 0.3 is 11.9 Å². The average Bonchev–Trinajstić information content (AvgIpc) is 2.39. The number of primary amides is 1. The topological polar surface area (TPSA) is 81.4 Å². The van der Waals surface area contributed by atoms with Crippen molar-refractivity contribution in [2.45, 2.75) is 38.3 Å². The summed E-state index contributed by atoms with van der Waals surface area (Å²) < 4.78 is 30.2. The molecule has 3 N–H and O–H groups in total. The Hall–Kier alpha value is -1.24. The summed E-state index contributed by atoms with van der Waals surface area (Å²) in [6.07, 6.45) is -1.58. The first-order valence-electron chi connectivity index (χ1n) is 5.35. The second kappa shape index (κ2) is 4.95. The van der Waals surface area contributed by atoms with E-state index < -0.39 is 36.4 Å². The molecule has 0 radical (unpaired) electrons. The number of halogens is 2. The van der Waals surface area contributed by atoms with Crippen molar-refractivity contribution in [1.82, 2.24) is 5.32 Å². The maximum atomic E-state index is 12.8. The normalized spacial score (nSPS) is 24.8. The highest BCUT2D eigenvalue weighted by Crippen LogP contribution is 2.30. The summed E-state index contributed by atoms with van der Waals surface area (Å²) in [6, 6.07) is -0.622. The van der Waals surface area contributed by atoms with E-state index in [0.717, 1.165) is 0 Å². The van der Waals surface area contributed by atoms with E-state index in [1.165, 1.54) is 0 Å². The lowest BCUT2D eigenvalue weighted by Gasteiger charge is -2.20. The molecule has 0 spiro atoms. The van der Waals surface area contributed by atoms with Gasteiger partial charge in [-0.05, 0) is 5.92 Å². The average molecular weight is 250 g/mol. The van der Waals surface area contributed by atoms with Gasteiger partial charge in [0.2, 0.25) is 5.91 Å². The number of esters is 1. The minimum absolute atomic E-state index is 0.00683. The summed E-state index contributed by atoms with van der Waals surface area (Å²) >= 11 is 0. The molecule has 98 valence electrons. The van der Waals surface area contributed by atoms with Crippen LogP contribution in [0.3, 0.4) is 0 Å². The molecule has 7 heteroatoms. The van der Waals surface area contributed by atoms with E-state index in [0.29, 0.717) is 0 Å². The number of carbonyl (C=O) groups is 2. The first kappa shape index (κ1) is 13.8. The number of cyclic esters (lactones) is 1. The van der Waals surface area contributed by atoms with Crippen molar-refractivity contribution in [1.29, 1.82) is 0 Å². The van der Waals surface area contributed by atoms with Gasteiger partial charge in [-0.15, -0.1) is 0 Å². The van der Waals surface area contributed by atoms with Crippen LogP contribution in [0.4, 0.5) is 8.78 Å². The Morgan fingerprint density at radius 1 is 1.65 bits per heavy atom. The van der Waals surface area contributed by atoms with Crippen LogP contribution in [0, 0.1) is 5.92 Å². The summed E-state index contributed by atoms with van der Waals surface area (Å²) in [7, 11) is 0. The van der Waals surface area contributed by atoms with Crippen molar-refractivity contribution in [3.63, 3.8) is 0 Å². The predicted molar refractivity (Wildman–Crippen MR) is 55.3 cm³/mol. The van der Waals surface area contributed by atoms with E-state index in [-0.39, 0.29) is 12.5 Å². The van der Waals surface area contributed by atoms with Gasteiger partial charge in [0, 0.05) is 6.54 Å². The van der Waals surface area contributed by atoms with Crippen LogP contribution in [-0.2, 0) is 14.3 Å². The molecule has 0 aromatic carbocycles. The molecule has 1 fully saturated rings. The van der Waals surface area contributed by atoms with Crippen LogP contribution < -0.4 is 11.1 Å². The van der Waals surface area contributed by atoms with Crippen molar-refractivity contribution in [2.24, 2.45) is 11.7 Å². The molecule has 0 saturated carbocycles. The van der Waals surface area contributed by atoms with Crippen LogP contribution >= 0.6 is 0 Å². The molecule has 1 saturated heterocycles. The van der Waals surface area contributed by atoms with Crippen LogP contribution in [0.15, 0.2) is 0 Å². The highest BCUT2D eigenvalue weighted by atomic mass is 19.3. The number of amides is 1. The molecular weight excluding hydrogens is 234 g/mol. The van der Waals surface area contributed by atoms with Gasteiger partial charge in [-0.25, -0.2) is 4.79 Å². The standard InChI is InChI=1S/C10H16F2N2O3/c1-5(2)7(8(13)15)14-4-6-3-10(11,12)9(16)17-6/h5-7,14H,3-4H2,1-2H3,(H2,13,15). The second-order valence-corrected chi connectivity index (χ2v) is 4.47. The Kier molecular flexibility index (Phi) is 4.03. The molecule has 0 aliphatic carbocycles. The molecular formula is C10H16F2N2O3. The predicted octanol–water partition coefficient (Wildman–Crippen LogP) is 0.0367. The number of alkyl halides is 2. The number of hydrogen-bond acceptors (Lipinski definition) is 4. The van der Waals surface area contributed by atoms with E-state index >= 15 is 0 Å². The first-order valence-corrected chi connectivity index (χ1v) is 5.35. The van der Waals surface area contributed by atoms with Crippen molar-refractivity contribution in [2.75, 3.05) is 6.54 Å². The quantitative estimate of drug-likeness (QED) is 0.675. The highest BCUT2D eigenvalue weighted by molar-refractivity contribution is 5.80. The van der Waals surface area contributed by atoms with E-state index in [9.17, 15) is 18.4 Å². The Morgan fingerprint density at radius 3 is 2.59 bits per heavy atom. The van der Waals surface area contributed by atoms with Crippen molar-refractivity contribution < 1.29 is 23.1 Å². The summed E-state index contributed by atoms with van der Waals surface area (Å²) in [5, 5.41) is 2.73. The maximum Gasteiger partial charge on any atom is 0.377 e. The number of rotatable bonds is 5. The zero-order chi connectivity index (χ0) is 13.2. The van der Waals surface area contributed by atoms with Gasteiger partial charge in [-0.1, -0.05) is 13.8 Å². The van der Waals surface area contributed by atoms with Gasteiger partial charge in [0.1, 0.15) is 6.10 Å². The third-order valence-corrected chi connectivity index (χ3v) is 2.60. The summed E-state index contributed by atoms with van der Waals surface area (Å²) in [6.45, 7) is 3.54. The van der Waals surface area contributed by atoms with Crippen LogP contribution in [0.2, 0.25) is 0 Å². The molecule has 1 heterocycles. The maximum absolute atomic E-state index is 12.8. The van der Waals surface area contributed by atoms with Gasteiger partial charge in [0.05, 0.1) is 12.5 Å². The second-order valence-electron chi connectivity index (χ2n) is 4.47. The Bertz CT molecular complexity index is 321. The molecule has 2 atom stereocenters. The van der Waals surface area contributed by atoms with Crippen molar-refractivity contribution in [3.8, 4) is 0 Å². The molecule has 5 nitrogen and oxygen atoms in total. The lowest BCUT2D eigenvalue weighted by molar-refractivity contribution is -0.159. The number of nitrogens with two attached hydrogens (primary N) is 1. The van der Waals surface area contributed by atoms with Gasteiger partial charge < -0.3 is 15.8 Å². The van der Waals surface area contributed by atoms with Crippen LogP contribution in [-0.4, -0.2) is 36.5 Å². The molecule has 1 aliphatic heterocycles. The molecule has 1 rings (SSSR count). The summed E-state index contributed by atoms with van der Waals surface area (Å²) in [5.74, 6) is -5.56. The molecule has 2 unspecified atom stereocenters. The largest absolute Gasteiger partial charge is 0.456 e. The lowest BCUT2D eigenvalue weighted by Crippen LogP contribution is -2.47. The summed E-state index contributed by atoms with van der Waals surface area (Å²) in [4.78, 5) is 21.8. The van der Waals surface area contributed by atoms with E-state index in [1.54, 1.807) is 13.8 Å². The molecule has 0 bridgehead atoms. The molecule has 0 aromatic heterocycles. The fourth-order valence-electron chi connectivity index (χ4n) is 1.69. The number of nitrogens with one attached hydrogen (secondary N) is 1. The van der Waals surface area contributed by atoms with Crippen LogP contribution in [0.1, 0.15) is 20.3 Å². The van der Waals surface area contributed by atoms with Gasteiger partial charge in [0.15, 0.2) is 0 Å². The Balaban J connectivity index is 2.47. The van der Waals surface area contributed by atoms with Crippen LogP contribution in [0.5, 0.6) is 0 Å². The van der Waals surface area contributed by atoms with E-state index in [4.69, 9.17) is 5.73 Å². The lowest BCUT2D eigenvalue weighted by atomic mass is 10.0. The van der Waals surface area contributed by atoms with Gasteiger partial charge in [0.25, 0.3) is 0 Å². The third-order valence-electron chi connectivity index (χ3n) is 2.60. The smallest absolute Gasteiger partial charge is 0.377 e. The number of carbonyl (C=O) groups excluding carboxylic acids is 2. The van der Waals surface area contributed by atoms with Gasteiger partial charge in [-0.2, -0.15) is 8.78 Å². The fourth-order valence-corrected chi connectivity index (χ4v) is 1.69. The van der Waals surface area contributed by atoms with Crippen molar-refractivity contribution >= 4 is 11.9 Å². The highest BCUT2D eigenvalue weighted by Gasteiger charge is 2.50. The molecule has 17 heavy (non-hydrogen) atoms. The summed E-state index contributed by atoms with van der Waals surface area (Å²) in [5.41, 5.74) is 5.15. The number of ether oxygens (including phenoxy) is 1. The minimum atomic E-state index is -3.42. The van der Waals surface area contributed by atoms with Crippen LogP contribution in [0.25, 0.3) is 0 Å². The van der Waals surface area contributed by atoms with E-state index in [2.05, 4.69) is 10.1 Å². The third kappa shape index (κ3) is 3.36. The van der Waals surface area contributed by atoms with Gasteiger partial charge in [-0.3, -0.25) is 4.79 Å². The molecule has 1 amide bonds. The molecule has 0 aromatic rings. The molecule has 1 aliphatic rings. The minimum Gasteiger partial charge on any atom is -0.456 e. The first-order chi connectivity index (χ1) is 7.74.